The Bertz CT molecular complexity index is 643. The molecular weight excluding hydrogens is 252 g/mol. The number of benzene rings is 1. The number of nitrogens with two attached hydrogens (primary N) is 1. The fourth-order valence-corrected chi connectivity index (χ4v) is 2.46. The summed E-state index contributed by atoms with van der Waals surface area (Å²) in [7, 11) is 0. The zero-order valence-corrected chi connectivity index (χ0v) is 12.1. The lowest BCUT2D eigenvalue weighted by Gasteiger charge is -2.07. The minimum Gasteiger partial charge on any atom is -0.409 e. The predicted molar refractivity (Wildman–Crippen MR) is 79.1 cm³/mol. The second-order valence-electron chi connectivity index (χ2n) is 4.85. The highest BCUT2D eigenvalue weighted by molar-refractivity contribution is 5.97. The highest BCUT2D eigenvalue weighted by Gasteiger charge is 2.10. The average Bonchev–Trinajstić information content (AvgIpc) is 2.72. The Balaban J connectivity index is 2.31. The van der Waals surface area contributed by atoms with Gasteiger partial charge in [-0.2, -0.15) is 5.10 Å². The summed E-state index contributed by atoms with van der Waals surface area (Å²) in [5, 5.41) is 16.3. The Kier molecular flexibility index (Phi) is 4.08. The van der Waals surface area contributed by atoms with Gasteiger partial charge in [-0.05, 0) is 37.5 Å². The molecule has 0 amide bonds. The van der Waals surface area contributed by atoms with Gasteiger partial charge in [-0.25, -0.2) is 0 Å². The Morgan fingerprint density at radius 3 is 2.75 bits per heavy atom. The van der Waals surface area contributed by atoms with Crippen molar-refractivity contribution >= 4 is 5.84 Å². The van der Waals surface area contributed by atoms with Crippen molar-refractivity contribution in [2.24, 2.45) is 10.9 Å². The molecule has 1 heterocycles. The van der Waals surface area contributed by atoms with Crippen LogP contribution in [0.5, 0.6) is 0 Å². The van der Waals surface area contributed by atoms with E-state index < -0.39 is 0 Å². The molecule has 1 aromatic carbocycles. The van der Waals surface area contributed by atoms with Gasteiger partial charge in [-0.3, -0.25) is 4.68 Å². The average molecular weight is 272 g/mol. The molecule has 5 nitrogen and oxygen atoms in total. The molecular formula is C15H20N4O. The quantitative estimate of drug-likeness (QED) is 0.388. The Morgan fingerprint density at radius 2 is 2.15 bits per heavy atom. The van der Waals surface area contributed by atoms with Crippen LogP contribution in [0.4, 0.5) is 0 Å². The second-order valence-corrected chi connectivity index (χ2v) is 4.85. The molecule has 20 heavy (non-hydrogen) atoms. The maximum Gasteiger partial charge on any atom is 0.170 e. The number of hydrogen-bond donors (Lipinski definition) is 2. The first kappa shape index (κ1) is 14.1. The first-order valence-electron chi connectivity index (χ1n) is 6.66. The number of amidine groups is 1. The van der Waals surface area contributed by atoms with E-state index in [-0.39, 0.29) is 5.84 Å². The lowest BCUT2D eigenvalue weighted by atomic mass is 10.1. The van der Waals surface area contributed by atoms with Crippen molar-refractivity contribution in [2.45, 2.75) is 33.7 Å². The van der Waals surface area contributed by atoms with Crippen LogP contribution in [0, 0.1) is 13.8 Å². The molecule has 0 aliphatic heterocycles. The summed E-state index contributed by atoms with van der Waals surface area (Å²) in [5.74, 6) is 0.120. The molecule has 0 bridgehead atoms. The number of oxime groups is 1. The standard InChI is InChI=1S/C15H20N4O/c1-4-14-10(2)17-19(11(14)3)9-12-6-5-7-13(8-12)15(16)18-20/h5-8,20H,4,9H2,1-3H3,(H2,16,18). The molecule has 2 rings (SSSR count). The topological polar surface area (TPSA) is 76.4 Å². The summed E-state index contributed by atoms with van der Waals surface area (Å²) >= 11 is 0. The minimum absolute atomic E-state index is 0.120. The van der Waals surface area contributed by atoms with Gasteiger partial charge in [0.2, 0.25) is 0 Å². The molecule has 0 fully saturated rings. The highest BCUT2D eigenvalue weighted by Crippen LogP contribution is 2.15. The monoisotopic (exact) mass is 272 g/mol. The molecule has 106 valence electrons. The van der Waals surface area contributed by atoms with Crippen molar-refractivity contribution in [3.63, 3.8) is 0 Å². The molecule has 0 radical (unpaired) electrons. The van der Waals surface area contributed by atoms with E-state index in [2.05, 4.69) is 24.1 Å². The van der Waals surface area contributed by atoms with Gasteiger partial charge in [0.1, 0.15) is 0 Å². The maximum absolute atomic E-state index is 8.73. The normalized spacial score (nSPS) is 11.8. The lowest BCUT2D eigenvalue weighted by Crippen LogP contribution is -2.13. The summed E-state index contributed by atoms with van der Waals surface area (Å²) in [6.07, 6.45) is 0.988. The van der Waals surface area contributed by atoms with Gasteiger partial charge in [-0.1, -0.05) is 30.3 Å². The van der Waals surface area contributed by atoms with Crippen LogP contribution in [-0.2, 0) is 13.0 Å². The first-order valence-corrected chi connectivity index (χ1v) is 6.66. The fourth-order valence-electron chi connectivity index (χ4n) is 2.46. The second kappa shape index (κ2) is 5.77. The van der Waals surface area contributed by atoms with E-state index in [9.17, 15) is 0 Å². The summed E-state index contributed by atoms with van der Waals surface area (Å²) in [4.78, 5) is 0. The fraction of sp³-hybridized carbons (Fsp3) is 0.333. The van der Waals surface area contributed by atoms with E-state index in [1.165, 1.54) is 11.3 Å². The van der Waals surface area contributed by atoms with Crippen LogP contribution >= 0.6 is 0 Å². The number of aromatic nitrogens is 2. The summed E-state index contributed by atoms with van der Waals surface area (Å²) < 4.78 is 2.00. The molecule has 2 aromatic rings. The molecule has 1 aromatic heterocycles. The van der Waals surface area contributed by atoms with Gasteiger partial charge in [0.15, 0.2) is 5.84 Å². The molecule has 5 heteroatoms. The van der Waals surface area contributed by atoms with Crippen LogP contribution in [0.2, 0.25) is 0 Å². The third kappa shape index (κ3) is 2.66. The molecule has 3 N–H and O–H groups in total. The third-order valence-corrected chi connectivity index (χ3v) is 3.55. The van der Waals surface area contributed by atoms with E-state index in [1.54, 1.807) is 0 Å². The van der Waals surface area contributed by atoms with Crippen molar-refractivity contribution in [3.05, 3.63) is 52.3 Å². The smallest absolute Gasteiger partial charge is 0.170 e. The first-order chi connectivity index (χ1) is 9.56. The number of nitrogens with zero attached hydrogens (tertiary/aromatic N) is 3. The number of rotatable bonds is 4. The zero-order chi connectivity index (χ0) is 14.7. The van der Waals surface area contributed by atoms with E-state index in [0.717, 1.165) is 17.7 Å². The Labute approximate surface area is 118 Å². The van der Waals surface area contributed by atoms with E-state index >= 15 is 0 Å². The van der Waals surface area contributed by atoms with Crippen LogP contribution in [0.1, 0.15) is 35.0 Å². The lowest BCUT2D eigenvalue weighted by molar-refractivity contribution is 0.318. The van der Waals surface area contributed by atoms with Crippen LogP contribution in [0.3, 0.4) is 0 Å². The van der Waals surface area contributed by atoms with Crippen molar-refractivity contribution < 1.29 is 5.21 Å². The summed E-state index contributed by atoms with van der Waals surface area (Å²) in [6, 6.07) is 7.64. The summed E-state index contributed by atoms with van der Waals surface area (Å²) in [6.45, 7) is 6.95. The van der Waals surface area contributed by atoms with Gasteiger partial charge < -0.3 is 10.9 Å². The third-order valence-electron chi connectivity index (χ3n) is 3.55. The van der Waals surface area contributed by atoms with Crippen molar-refractivity contribution in [2.75, 3.05) is 0 Å². The highest BCUT2D eigenvalue weighted by atomic mass is 16.4. The molecule has 0 atom stereocenters. The SMILES string of the molecule is CCc1c(C)nn(Cc2cccc(C(N)=NO)c2)c1C. The predicted octanol–water partition coefficient (Wildman–Crippen LogP) is 2.21. The molecule has 0 spiro atoms. The van der Waals surface area contributed by atoms with Gasteiger partial charge in [0, 0.05) is 11.3 Å². The number of aryl methyl sites for hydroxylation is 1. The maximum atomic E-state index is 8.73. The summed E-state index contributed by atoms with van der Waals surface area (Å²) in [5.41, 5.74) is 11.0. The van der Waals surface area contributed by atoms with Crippen molar-refractivity contribution in [1.82, 2.24) is 9.78 Å². The van der Waals surface area contributed by atoms with E-state index in [4.69, 9.17) is 10.9 Å². The van der Waals surface area contributed by atoms with Gasteiger partial charge >= 0.3 is 0 Å². The molecule has 0 aliphatic carbocycles. The minimum atomic E-state index is 0.120. The van der Waals surface area contributed by atoms with Crippen molar-refractivity contribution in [1.29, 1.82) is 0 Å². The zero-order valence-electron chi connectivity index (χ0n) is 12.1. The largest absolute Gasteiger partial charge is 0.409 e. The Hall–Kier alpha value is -2.30. The van der Waals surface area contributed by atoms with E-state index in [0.29, 0.717) is 12.1 Å². The van der Waals surface area contributed by atoms with Crippen LogP contribution < -0.4 is 5.73 Å². The van der Waals surface area contributed by atoms with Crippen molar-refractivity contribution in [3.8, 4) is 0 Å². The van der Waals surface area contributed by atoms with Gasteiger partial charge in [0.25, 0.3) is 0 Å². The van der Waals surface area contributed by atoms with Crippen LogP contribution in [0.15, 0.2) is 29.4 Å². The van der Waals surface area contributed by atoms with Gasteiger partial charge in [0.05, 0.1) is 12.2 Å². The molecule has 0 saturated carbocycles. The van der Waals surface area contributed by atoms with Crippen LogP contribution in [-0.4, -0.2) is 20.8 Å². The van der Waals surface area contributed by atoms with Gasteiger partial charge in [-0.15, -0.1) is 0 Å². The van der Waals surface area contributed by atoms with Crippen LogP contribution in [0.25, 0.3) is 0 Å². The van der Waals surface area contributed by atoms with E-state index in [1.807, 2.05) is 35.9 Å². The number of hydrogen-bond acceptors (Lipinski definition) is 3. The molecule has 0 aliphatic rings. The molecule has 0 unspecified atom stereocenters. The molecule has 0 saturated heterocycles. The Morgan fingerprint density at radius 1 is 1.40 bits per heavy atom.